The summed E-state index contributed by atoms with van der Waals surface area (Å²) in [7, 11) is 0. The summed E-state index contributed by atoms with van der Waals surface area (Å²) in [6.07, 6.45) is 4.85. The van der Waals surface area contributed by atoms with Crippen molar-refractivity contribution in [2.75, 3.05) is 13.2 Å². The number of rotatable bonds is 5. The second-order valence-electron chi connectivity index (χ2n) is 5.59. The van der Waals surface area contributed by atoms with E-state index in [-0.39, 0.29) is 18.3 Å². The van der Waals surface area contributed by atoms with E-state index in [0.717, 1.165) is 37.0 Å². The fourth-order valence-electron chi connectivity index (χ4n) is 2.63. The Bertz CT molecular complexity index is 459. The van der Waals surface area contributed by atoms with Crippen LogP contribution in [0.1, 0.15) is 37.7 Å². The summed E-state index contributed by atoms with van der Waals surface area (Å²) in [5, 5.41) is 2.89. The average molecular weight is 313 g/mol. The first-order valence-corrected chi connectivity index (χ1v) is 7.37. The second-order valence-corrected chi connectivity index (χ2v) is 5.59. The topological polar surface area (TPSA) is 64.3 Å². The maximum absolute atomic E-state index is 12.1. The van der Waals surface area contributed by atoms with Crippen molar-refractivity contribution < 1.29 is 9.53 Å². The van der Waals surface area contributed by atoms with Gasteiger partial charge in [0, 0.05) is 0 Å². The van der Waals surface area contributed by atoms with Crippen LogP contribution in [-0.2, 0) is 4.79 Å². The van der Waals surface area contributed by atoms with Gasteiger partial charge in [-0.1, -0.05) is 37.5 Å². The van der Waals surface area contributed by atoms with Gasteiger partial charge in [-0.3, -0.25) is 4.79 Å². The fourth-order valence-corrected chi connectivity index (χ4v) is 2.63. The normalized spacial score (nSPS) is 16.7. The van der Waals surface area contributed by atoms with Gasteiger partial charge in [-0.2, -0.15) is 0 Å². The van der Waals surface area contributed by atoms with Gasteiger partial charge < -0.3 is 15.8 Å². The smallest absolute Gasteiger partial charge is 0.240 e. The number of aryl methyl sites for hydroxylation is 1. The summed E-state index contributed by atoms with van der Waals surface area (Å²) in [5.41, 5.74) is 6.60. The number of para-hydroxylation sites is 1. The van der Waals surface area contributed by atoms with Gasteiger partial charge in [0.1, 0.15) is 12.4 Å². The molecule has 0 heterocycles. The van der Waals surface area contributed by atoms with Crippen LogP contribution in [0, 0.1) is 6.92 Å². The Kier molecular flexibility index (Phi) is 6.99. The molecule has 4 nitrogen and oxygen atoms in total. The van der Waals surface area contributed by atoms with Gasteiger partial charge in [0.2, 0.25) is 5.91 Å². The van der Waals surface area contributed by atoms with Crippen molar-refractivity contribution in [3.05, 3.63) is 29.8 Å². The van der Waals surface area contributed by atoms with Crippen molar-refractivity contribution in [3.8, 4) is 5.75 Å². The molecule has 0 saturated heterocycles. The minimum Gasteiger partial charge on any atom is -0.491 e. The van der Waals surface area contributed by atoms with Gasteiger partial charge in [0.05, 0.1) is 12.1 Å². The molecule has 2 rings (SSSR count). The van der Waals surface area contributed by atoms with Crippen LogP contribution >= 0.6 is 12.4 Å². The van der Waals surface area contributed by atoms with Crippen LogP contribution in [0.15, 0.2) is 24.3 Å². The summed E-state index contributed by atoms with van der Waals surface area (Å²) in [4.78, 5) is 12.1. The molecule has 1 amide bonds. The molecule has 0 spiro atoms. The second kappa shape index (κ2) is 8.25. The molecule has 1 saturated carbocycles. The largest absolute Gasteiger partial charge is 0.491 e. The number of halogens is 1. The van der Waals surface area contributed by atoms with E-state index < -0.39 is 5.54 Å². The first kappa shape index (κ1) is 17.8. The Morgan fingerprint density at radius 1 is 1.29 bits per heavy atom. The highest BCUT2D eigenvalue weighted by Crippen LogP contribution is 2.25. The SMILES string of the molecule is Cc1ccccc1OCCNC(=O)C1(N)CCCCC1.Cl. The number of carbonyl (C=O) groups is 1. The summed E-state index contributed by atoms with van der Waals surface area (Å²) < 4.78 is 5.65. The fraction of sp³-hybridized carbons (Fsp3) is 0.562. The number of carbonyl (C=O) groups excluding carboxylic acids is 1. The highest BCUT2D eigenvalue weighted by molar-refractivity contribution is 5.86. The third-order valence-corrected chi connectivity index (χ3v) is 3.94. The van der Waals surface area contributed by atoms with Gasteiger partial charge in [0.15, 0.2) is 0 Å². The molecule has 0 aliphatic heterocycles. The molecule has 1 aromatic rings. The van der Waals surface area contributed by atoms with E-state index in [4.69, 9.17) is 10.5 Å². The molecule has 21 heavy (non-hydrogen) atoms. The quantitative estimate of drug-likeness (QED) is 0.821. The predicted octanol–water partition coefficient (Wildman–Crippen LogP) is 2.57. The van der Waals surface area contributed by atoms with Crippen LogP contribution in [0.3, 0.4) is 0 Å². The number of nitrogens with two attached hydrogens (primary N) is 1. The lowest BCUT2D eigenvalue weighted by atomic mass is 9.82. The van der Waals surface area contributed by atoms with Crippen LogP contribution in [-0.4, -0.2) is 24.6 Å². The van der Waals surface area contributed by atoms with Crippen molar-refractivity contribution in [1.82, 2.24) is 5.32 Å². The van der Waals surface area contributed by atoms with Gasteiger partial charge in [-0.05, 0) is 31.4 Å². The van der Waals surface area contributed by atoms with Gasteiger partial charge >= 0.3 is 0 Å². The molecular formula is C16H25ClN2O2. The van der Waals surface area contributed by atoms with E-state index in [9.17, 15) is 4.79 Å². The van der Waals surface area contributed by atoms with E-state index in [2.05, 4.69) is 5.32 Å². The Labute approximate surface area is 132 Å². The van der Waals surface area contributed by atoms with Gasteiger partial charge in [-0.25, -0.2) is 0 Å². The van der Waals surface area contributed by atoms with Gasteiger partial charge in [-0.15, -0.1) is 12.4 Å². The molecule has 3 N–H and O–H groups in total. The van der Waals surface area contributed by atoms with E-state index in [1.54, 1.807) is 0 Å². The molecule has 1 fully saturated rings. The lowest BCUT2D eigenvalue weighted by Crippen LogP contribution is -2.55. The number of benzene rings is 1. The van der Waals surface area contributed by atoms with Crippen molar-refractivity contribution in [2.45, 2.75) is 44.6 Å². The molecule has 1 aromatic carbocycles. The molecule has 0 unspecified atom stereocenters. The van der Waals surface area contributed by atoms with E-state index >= 15 is 0 Å². The molecule has 0 radical (unpaired) electrons. The maximum atomic E-state index is 12.1. The summed E-state index contributed by atoms with van der Waals surface area (Å²) in [6, 6.07) is 7.86. The monoisotopic (exact) mass is 312 g/mol. The zero-order valence-electron chi connectivity index (χ0n) is 12.6. The van der Waals surface area contributed by atoms with Crippen LogP contribution in [0.5, 0.6) is 5.75 Å². The van der Waals surface area contributed by atoms with Crippen LogP contribution < -0.4 is 15.8 Å². The molecule has 1 aliphatic rings. The van der Waals surface area contributed by atoms with Crippen molar-refractivity contribution in [1.29, 1.82) is 0 Å². The molecule has 5 heteroatoms. The van der Waals surface area contributed by atoms with E-state index in [1.807, 2.05) is 31.2 Å². The molecule has 1 aliphatic carbocycles. The third kappa shape index (κ3) is 4.90. The molecular weight excluding hydrogens is 288 g/mol. The van der Waals surface area contributed by atoms with Crippen molar-refractivity contribution in [3.63, 3.8) is 0 Å². The van der Waals surface area contributed by atoms with Crippen LogP contribution in [0.25, 0.3) is 0 Å². The first-order valence-electron chi connectivity index (χ1n) is 7.37. The molecule has 0 bridgehead atoms. The summed E-state index contributed by atoms with van der Waals surface area (Å²) in [5.74, 6) is 0.826. The molecule has 118 valence electrons. The van der Waals surface area contributed by atoms with Crippen LogP contribution in [0.2, 0.25) is 0 Å². The Morgan fingerprint density at radius 3 is 2.62 bits per heavy atom. The highest BCUT2D eigenvalue weighted by Gasteiger charge is 2.34. The molecule has 0 aromatic heterocycles. The highest BCUT2D eigenvalue weighted by atomic mass is 35.5. The number of hydrogen-bond donors (Lipinski definition) is 2. The van der Waals surface area contributed by atoms with Crippen molar-refractivity contribution in [2.24, 2.45) is 5.73 Å². The number of nitrogens with one attached hydrogen (secondary N) is 1. The lowest BCUT2D eigenvalue weighted by Gasteiger charge is -2.31. The standard InChI is InChI=1S/C16H24N2O2.ClH/c1-13-7-3-4-8-14(13)20-12-11-18-15(19)16(17)9-5-2-6-10-16;/h3-4,7-8H,2,5-6,9-12,17H2,1H3,(H,18,19);1H. The zero-order valence-corrected chi connectivity index (χ0v) is 13.4. The Hall–Kier alpha value is -1.26. The predicted molar refractivity (Wildman–Crippen MR) is 86.9 cm³/mol. The van der Waals surface area contributed by atoms with E-state index in [0.29, 0.717) is 13.2 Å². The van der Waals surface area contributed by atoms with E-state index in [1.165, 1.54) is 6.42 Å². The van der Waals surface area contributed by atoms with Crippen LogP contribution in [0.4, 0.5) is 0 Å². The summed E-state index contributed by atoms with van der Waals surface area (Å²) in [6.45, 7) is 2.96. The third-order valence-electron chi connectivity index (χ3n) is 3.94. The Balaban J connectivity index is 0.00000220. The first-order chi connectivity index (χ1) is 9.62. The number of amides is 1. The molecule has 0 atom stereocenters. The minimum atomic E-state index is -0.666. The lowest BCUT2D eigenvalue weighted by molar-refractivity contribution is -0.127. The summed E-state index contributed by atoms with van der Waals surface area (Å²) >= 11 is 0. The maximum Gasteiger partial charge on any atom is 0.240 e. The number of ether oxygens (including phenoxy) is 1. The number of hydrogen-bond acceptors (Lipinski definition) is 3. The van der Waals surface area contributed by atoms with Crippen molar-refractivity contribution >= 4 is 18.3 Å². The minimum absolute atomic E-state index is 0. The van der Waals surface area contributed by atoms with Gasteiger partial charge in [0.25, 0.3) is 0 Å². The zero-order chi connectivity index (χ0) is 14.4. The average Bonchev–Trinajstić information content (AvgIpc) is 2.46. The Morgan fingerprint density at radius 2 is 1.95 bits per heavy atom.